The average Bonchev–Trinajstić information content (AvgIpc) is 3.16. The van der Waals surface area contributed by atoms with E-state index in [0.29, 0.717) is 12.3 Å². The number of nitrogens with one attached hydrogen (secondary N) is 1. The van der Waals surface area contributed by atoms with Gasteiger partial charge < -0.3 is 19.9 Å². The number of morpholine rings is 1. The summed E-state index contributed by atoms with van der Waals surface area (Å²) in [5, 5.41) is 2.86. The number of anilines is 2. The number of rotatable bonds is 6. The molecule has 140 valence electrons. The molecule has 2 amide bonds. The zero-order valence-corrected chi connectivity index (χ0v) is 15.3. The molecule has 26 heavy (non-hydrogen) atoms. The van der Waals surface area contributed by atoms with Gasteiger partial charge in [0.1, 0.15) is 0 Å². The molecule has 1 aliphatic heterocycles. The Hall–Kier alpha value is -2.34. The van der Waals surface area contributed by atoms with Crippen LogP contribution in [-0.2, 0) is 14.3 Å². The van der Waals surface area contributed by atoms with Gasteiger partial charge in [-0.2, -0.15) is 0 Å². The summed E-state index contributed by atoms with van der Waals surface area (Å²) >= 11 is 0. The smallest absolute Gasteiger partial charge is 0.243 e. The molecule has 1 fully saturated rings. The predicted octanol–water partition coefficient (Wildman–Crippen LogP) is 2.28. The highest BCUT2D eigenvalue weighted by molar-refractivity contribution is 5.94. The van der Waals surface area contributed by atoms with Crippen LogP contribution in [0.4, 0.5) is 11.4 Å². The number of hydrogen-bond donors (Lipinski definition) is 1. The summed E-state index contributed by atoms with van der Waals surface area (Å²) in [6.45, 7) is 3.33. The van der Waals surface area contributed by atoms with Gasteiger partial charge in [-0.15, -0.1) is 0 Å². The van der Waals surface area contributed by atoms with Crippen LogP contribution in [-0.4, -0.2) is 56.6 Å². The third-order valence-corrected chi connectivity index (χ3v) is 4.88. The Bertz CT molecular complexity index is 651. The molecule has 2 aliphatic rings. The van der Waals surface area contributed by atoms with E-state index in [1.54, 1.807) is 7.05 Å². The number of likely N-dealkylation sites (N-methyl/N-ethyl adjacent to an activating group) is 1. The van der Waals surface area contributed by atoms with Gasteiger partial charge in [0.05, 0.1) is 19.8 Å². The van der Waals surface area contributed by atoms with Crippen LogP contribution >= 0.6 is 0 Å². The molecule has 6 heteroatoms. The second-order valence-corrected chi connectivity index (χ2v) is 6.91. The normalized spacial score (nSPS) is 19.4. The summed E-state index contributed by atoms with van der Waals surface area (Å²) in [7, 11) is 1.68. The first-order valence-electron chi connectivity index (χ1n) is 9.25. The van der Waals surface area contributed by atoms with Gasteiger partial charge in [-0.1, -0.05) is 12.2 Å². The van der Waals surface area contributed by atoms with Gasteiger partial charge in [-0.25, -0.2) is 0 Å². The Kier molecular flexibility index (Phi) is 6.28. The minimum absolute atomic E-state index is 0.0133. The highest BCUT2D eigenvalue weighted by Gasteiger charge is 2.19. The van der Waals surface area contributed by atoms with E-state index in [-0.39, 0.29) is 18.4 Å². The number of amides is 2. The first-order valence-corrected chi connectivity index (χ1v) is 9.25. The van der Waals surface area contributed by atoms with Crippen LogP contribution in [0.3, 0.4) is 0 Å². The second-order valence-electron chi connectivity index (χ2n) is 6.91. The average molecular weight is 357 g/mol. The summed E-state index contributed by atoms with van der Waals surface area (Å²) in [5.41, 5.74) is 1.87. The molecule has 1 atom stereocenters. The summed E-state index contributed by atoms with van der Waals surface area (Å²) in [6.07, 6.45) is 6.77. The van der Waals surface area contributed by atoms with Crippen LogP contribution < -0.4 is 10.2 Å². The van der Waals surface area contributed by atoms with E-state index in [9.17, 15) is 9.59 Å². The van der Waals surface area contributed by atoms with E-state index in [1.807, 2.05) is 24.3 Å². The third kappa shape index (κ3) is 5.08. The molecule has 1 saturated heterocycles. The first-order chi connectivity index (χ1) is 12.6. The number of nitrogens with zero attached hydrogens (tertiary/aromatic N) is 2. The topological polar surface area (TPSA) is 61.9 Å². The molecular formula is C20H27N3O3. The fourth-order valence-electron chi connectivity index (χ4n) is 3.33. The maximum atomic E-state index is 12.2. The van der Waals surface area contributed by atoms with E-state index < -0.39 is 0 Å². The number of ether oxygens (including phenoxy) is 1. The summed E-state index contributed by atoms with van der Waals surface area (Å²) in [6, 6.07) is 7.80. The molecule has 1 aromatic carbocycles. The monoisotopic (exact) mass is 357 g/mol. The van der Waals surface area contributed by atoms with Crippen molar-refractivity contribution in [3.63, 3.8) is 0 Å². The molecule has 0 unspecified atom stereocenters. The van der Waals surface area contributed by atoms with Crippen molar-refractivity contribution in [3.05, 3.63) is 36.4 Å². The molecule has 1 heterocycles. The van der Waals surface area contributed by atoms with Gasteiger partial charge in [-0.3, -0.25) is 9.59 Å². The van der Waals surface area contributed by atoms with E-state index in [1.165, 1.54) is 4.90 Å². The third-order valence-electron chi connectivity index (χ3n) is 4.88. The molecule has 0 radical (unpaired) electrons. The lowest BCUT2D eigenvalue weighted by Gasteiger charge is -2.28. The predicted molar refractivity (Wildman–Crippen MR) is 102 cm³/mol. The van der Waals surface area contributed by atoms with Crippen LogP contribution in [0.15, 0.2) is 36.4 Å². The second kappa shape index (κ2) is 8.85. The number of benzene rings is 1. The van der Waals surface area contributed by atoms with Crippen molar-refractivity contribution in [3.8, 4) is 0 Å². The number of allylic oxidation sites excluding steroid dienone is 2. The minimum atomic E-state index is -0.179. The van der Waals surface area contributed by atoms with Crippen LogP contribution in [0.1, 0.15) is 19.3 Å². The zero-order valence-electron chi connectivity index (χ0n) is 15.3. The summed E-state index contributed by atoms with van der Waals surface area (Å²) in [5.74, 6) is 0.155. The Balaban J connectivity index is 1.46. The lowest BCUT2D eigenvalue weighted by atomic mass is 10.0. The van der Waals surface area contributed by atoms with Crippen LogP contribution in [0, 0.1) is 5.92 Å². The molecule has 1 aromatic rings. The van der Waals surface area contributed by atoms with Gasteiger partial charge in [0.25, 0.3) is 0 Å². The number of hydrogen-bond acceptors (Lipinski definition) is 4. The Morgan fingerprint density at radius 3 is 2.62 bits per heavy atom. The Morgan fingerprint density at radius 1 is 1.23 bits per heavy atom. The van der Waals surface area contributed by atoms with Gasteiger partial charge >= 0.3 is 0 Å². The van der Waals surface area contributed by atoms with Gasteiger partial charge in [0, 0.05) is 37.9 Å². The highest BCUT2D eigenvalue weighted by Crippen LogP contribution is 2.21. The molecule has 0 bridgehead atoms. The highest BCUT2D eigenvalue weighted by atomic mass is 16.5. The molecule has 0 saturated carbocycles. The molecule has 1 N–H and O–H groups in total. The fraction of sp³-hybridized carbons (Fsp3) is 0.500. The van der Waals surface area contributed by atoms with Crippen molar-refractivity contribution in [2.75, 3.05) is 50.1 Å². The first kappa shape index (κ1) is 18.5. The lowest BCUT2D eigenvalue weighted by molar-refractivity contribution is -0.133. The van der Waals surface area contributed by atoms with Crippen molar-refractivity contribution in [2.45, 2.75) is 19.3 Å². The van der Waals surface area contributed by atoms with Crippen molar-refractivity contribution in [1.29, 1.82) is 0 Å². The maximum Gasteiger partial charge on any atom is 0.243 e. The molecule has 6 nitrogen and oxygen atoms in total. The van der Waals surface area contributed by atoms with E-state index in [4.69, 9.17) is 4.74 Å². The van der Waals surface area contributed by atoms with Crippen molar-refractivity contribution in [2.24, 2.45) is 5.92 Å². The van der Waals surface area contributed by atoms with Crippen molar-refractivity contribution < 1.29 is 14.3 Å². The standard InChI is InChI=1S/C20H27N3O3/c1-22(20(25)14-16-4-2-3-5-16)15-19(24)21-17-6-8-18(9-7-17)23-10-12-26-13-11-23/h2,4,6-9,16H,3,5,10-15H2,1H3,(H,21,24)/t16-/m0/s1. The number of carbonyl (C=O) groups is 2. The zero-order chi connectivity index (χ0) is 18.4. The summed E-state index contributed by atoms with van der Waals surface area (Å²) in [4.78, 5) is 28.2. The van der Waals surface area contributed by atoms with Gasteiger partial charge in [0.15, 0.2) is 0 Å². The van der Waals surface area contributed by atoms with Crippen LogP contribution in [0.5, 0.6) is 0 Å². The SMILES string of the molecule is CN(CC(=O)Nc1ccc(N2CCOCC2)cc1)C(=O)C[C@H]1C=CCC1. The van der Waals surface area contributed by atoms with Crippen LogP contribution in [0.2, 0.25) is 0 Å². The van der Waals surface area contributed by atoms with Gasteiger partial charge in [-0.05, 0) is 43.0 Å². The van der Waals surface area contributed by atoms with E-state index >= 15 is 0 Å². The van der Waals surface area contributed by atoms with Gasteiger partial charge in [0.2, 0.25) is 11.8 Å². The molecule has 0 spiro atoms. The molecule has 0 aromatic heterocycles. The summed E-state index contributed by atoms with van der Waals surface area (Å²) < 4.78 is 5.36. The lowest BCUT2D eigenvalue weighted by Crippen LogP contribution is -2.36. The van der Waals surface area contributed by atoms with Crippen molar-refractivity contribution >= 4 is 23.2 Å². The molecular weight excluding hydrogens is 330 g/mol. The van der Waals surface area contributed by atoms with Crippen LogP contribution in [0.25, 0.3) is 0 Å². The number of carbonyl (C=O) groups excluding carboxylic acids is 2. The fourth-order valence-corrected chi connectivity index (χ4v) is 3.33. The minimum Gasteiger partial charge on any atom is -0.378 e. The van der Waals surface area contributed by atoms with Crippen molar-refractivity contribution in [1.82, 2.24) is 4.90 Å². The molecule has 3 rings (SSSR count). The van der Waals surface area contributed by atoms with E-state index in [0.717, 1.165) is 50.5 Å². The Morgan fingerprint density at radius 2 is 1.96 bits per heavy atom. The largest absolute Gasteiger partial charge is 0.378 e. The van der Waals surface area contributed by atoms with E-state index in [2.05, 4.69) is 22.4 Å². The maximum absolute atomic E-state index is 12.2. The Labute approximate surface area is 154 Å². The quantitative estimate of drug-likeness (QED) is 0.794. The molecule has 1 aliphatic carbocycles.